The number of fused-ring (bicyclic) bond motifs is 1. The summed E-state index contributed by atoms with van der Waals surface area (Å²) in [6, 6.07) is 0. The lowest BCUT2D eigenvalue weighted by Crippen LogP contribution is -2.72. The second-order valence-corrected chi connectivity index (χ2v) is 14.4. The number of aliphatic carboxylic acids is 1. The summed E-state index contributed by atoms with van der Waals surface area (Å²) >= 11 is 0. The van der Waals surface area contributed by atoms with Crippen molar-refractivity contribution in [3.8, 4) is 17.2 Å². The first-order valence-electron chi connectivity index (χ1n) is 16.1. The van der Waals surface area contributed by atoms with Gasteiger partial charge in [0.2, 0.25) is 0 Å². The fraction of sp³-hybridized carbons (Fsp3) is 0.500. The molecular formula is C38H46O8. The van der Waals surface area contributed by atoms with Crippen molar-refractivity contribution < 1.29 is 39.2 Å². The average Bonchev–Trinajstić information content (AvgIpc) is 3.12. The van der Waals surface area contributed by atoms with E-state index in [4.69, 9.17) is 9.47 Å². The van der Waals surface area contributed by atoms with Gasteiger partial charge in [-0.05, 0) is 87.5 Å². The number of rotatable bonds is 10. The molecule has 2 unspecified atom stereocenters. The highest BCUT2D eigenvalue weighted by Crippen LogP contribution is 2.68. The lowest BCUT2D eigenvalue weighted by atomic mass is 9.51. The Bertz CT molecular complexity index is 1670. The van der Waals surface area contributed by atoms with Gasteiger partial charge in [-0.3, -0.25) is 9.59 Å². The molecule has 2 fully saturated rings. The summed E-state index contributed by atoms with van der Waals surface area (Å²) in [7, 11) is 0. The molecule has 8 heteroatoms. The zero-order chi connectivity index (χ0) is 33.9. The summed E-state index contributed by atoms with van der Waals surface area (Å²) in [5.74, 6) is -3.33. The van der Waals surface area contributed by atoms with Crippen LogP contribution < -0.4 is 4.74 Å². The SMILES string of the molecule is CC(C)=CCC/C(C)=C/Cc1c(O)c(CC=C(C)C)c2c(c1O)C(=O)C1=CC3CC4C(C)(C)O[C@@](C/C=C(\C)C(=O)O)(C3=O)[C@@]14O2. The molecule has 1 spiro atoms. The molecule has 8 nitrogen and oxygen atoms in total. The molecule has 1 saturated heterocycles. The lowest BCUT2D eigenvalue weighted by molar-refractivity contribution is -0.171. The van der Waals surface area contributed by atoms with Gasteiger partial charge in [-0.25, -0.2) is 4.79 Å². The maximum Gasteiger partial charge on any atom is 0.330 e. The van der Waals surface area contributed by atoms with Crippen LogP contribution in [-0.4, -0.2) is 49.7 Å². The van der Waals surface area contributed by atoms with Crippen molar-refractivity contribution in [1.82, 2.24) is 0 Å². The molecule has 4 bridgehead atoms. The Morgan fingerprint density at radius 2 is 1.59 bits per heavy atom. The molecule has 4 atom stereocenters. The molecule has 1 aromatic carbocycles. The van der Waals surface area contributed by atoms with Gasteiger partial charge in [0.15, 0.2) is 22.8 Å². The van der Waals surface area contributed by atoms with Crippen LogP contribution >= 0.6 is 0 Å². The van der Waals surface area contributed by atoms with Gasteiger partial charge in [-0.15, -0.1) is 0 Å². The Morgan fingerprint density at radius 1 is 0.935 bits per heavy atom. The Morgan fingerprint density at radius 3 is 2.22 bits per heavy atom. The van der Waals surface area contributed by atoms with Gasteiger partial charge in [0.25, 0.3) is 0 Å². The molecule has 3 N–H and O–H groups in total. The molecule has 1 saturated carbocycles. The van der Waals surface area contributed by atoms with Gasteiger partial charge in [-0.1, -0.05) is 47.1 Å². The molecule has 2 heterocycles. The van der Waals surface area contributed by atoms with Gasteiger partial charge in [0, 0.05) is 40.5 Å². The number of phenols is 2. The second kappa shape index (κ2) is 11.7. The highest BCUT2D eigenvalue weighted by molar-refractivity contribution is 6.18. The van der Waals surface area contributed by atoms with Crippen LogP contribution in [0.4, 0.5) is 0 Å². The van der Waals surface area contributed by atoms with Crippen LogP contribution in [0.3, 0.4) is 0 Å². The van der Waals surface area contributed by atoms with Gasteiger partial charge < -0.3 is 24.8 Å². The molecule has 1 aromatic rings. The van der Waals surface area contributed by atoms with E-state index >= 15 is 0 Å². The molecular weight excluding hydrogens is 584 g/mol. The largest absolute Gasteiger partial charge is 0.507 e. The van der Waals surface area contributed by atoms with E-state index in [0.29, 0.717) is 12.0 Å². The molecule has 46 heavy (non-hydrogen) atoms. The molecule has 0 radical (unpaired) electrons. The summed E-state index contributed by atoms with van der Waals surface area (Å²) in [5.41, 5.74) is 0.0623. The van der Waals surface area contributed by atoms with Gasteiger partial charge in [-0.2, -0.15) is 0 Å². The van der Waals surface area contributed by atoms with E-state index in [-0.39, 0.29) is 64.6 Å². The summed E-state index contributed by atoms with van der Waals surface area (Å²) in [6.45, 7) is 15.2. The highest BCUT2D eigenvalue weighted by Gasteiger charge is 2.81. The average molecular weight is 631 g/mol. The standard InChI is InChI=1S/C38H46O8/c1-20(2)10-9-11-22(5)13-15-25-30(39)26(14-12-21(3)4)33-29(31(25)40)32(41)27-18-24-19-28-36(7,8)46-37(34(24)42,38(27,28)45-33)17-16-23(6)35(43)44/h10,12-13,16,18,24,28,39-40H,9,11,14-15,17,19H2,1-8H3,(H,43,44)/b22-13+,23-16+/t24?,28?,37-,38+/m0/s1. The maximum atomic E-state index is 14.7. The van der Waals surface area contributed by atoms with E-state index in [1.807, 2.05) is 46.8 Å². The molecule has 3 aliphatic carbocycles. The van der Waals surface area contributed by atoms with Crippen LogP contribution in [0.2, 0.25) is 0 Å². The summed E-state index contributed by atoms with van der Waals surface area (Å²) in [4.78, 5) is 40.6. The van der Waals surface area contributed by atoms with E-state index in [2.05, 4.69) is 19.9 Å². The quantitative estimate of drug-likeness (QED) is 0.182. The van der Waals surface area contributed by atoms with E-state index < -0.39 is 40.4 Å². The van der Waals surface area contributed by atoms with Crippen molar-refractivity contribution in [3.05, 3.63) is 74.9 Å². The zero-order valence-corrected chi connectivity index (χ0v) is 28.2. The molecule has 6 rings (SSSR count). The maximum absolute atomic E-state index is 14.7. The predicted octanol–water partition coefficient (Wildman–Crippen LogP) is 7.27. The summed E-state index contributed by atoms with van der Waals surface area (Å²) in [6.07, 6.45) is 11.6. The number of ketones is 2. The smallest absolute Gasteiger partial charge is 0.330 e. The third-order valence-electron chi connectivity index (χ3n) is 10.2. The number of hydrogen-bond acceptors (Lipinski definition) is 7. The Kier molecular flexibility index (Phi) is 8.52. The number of phenolic OH excluding ortho intramolecular Hbond substituents is 2. The number of ether oxygens (including phenoxy) is 2. The number of carbonyl (C=O) groups excluding carboxylic acids is 2. The van der Waals surface area contributed by atoms with Crippen LogP contribution in [0.25, 0.3) is 0 Å². The minimum absolute atomic E-state index is 0.0259. The molecule has 0 aromatic heterocycles. The second-order valence-electron chi connectivity index (χ2n) is 14.4. The summed E-state index contributed by atoms with van der Waals surface area (Å²) < 4.78 is 13.6. The van der Waals surface area contributed by atoms with E-state index in [1.165, 1.54) is 18.6 Å². The van der Waals surface area contributed by atoms with Crippen LogP contribution in [0, 0.1) is 11.8 Å². The van der Waals surface area contributed by atoms with Gasteiger partial charge in [0.1, 0.15) is 22.8 Å². The highest BCUT2D eigenvalue weighted by atomic mass is 16.6. The Balaban J connectivity index is 1.71. The van der Waals surface area contributed by atoms with Gasteiger partial charge >= 0.3 is 5.97 Å². The number of aromatic hydroxyl groups is 2. The van der Waals surface area contributed by atoms with Crippen molar-refractivity contribution >= 4 is 17.5 Å². The van der Waals surface area contributed by atoms with Crippen LogP contribution in [0.5, 0.6) is 17.2 Å². The normalized spacial score (nSPS) is 27.4. The zero-order valence-electron chi connectivity index (χ0n) is 28.2. The van der Waals surface area contributed by atoms with Gasteiger partial charge in [0.05, 0.1) is 5.60 Å². The van der Waals surface area contributed by atoms with Crippen molar-refractivity contribution in [2.24, 2.45) is 11.8 Å². The van der Waals surface area contributed by atoms with E-state index in [1.54, 1.807) is 6.08 Å². The third-order valence-corrected chi connectivity index (χ3v) is 10.2. The first-order chi connectivity index (χ1) is 21.5. The summed E-state index contributed by atoms with van der Waals surface area (Å²) in [5, 5.41) is 33.0. The molecule has 0 amide bonds. The predicted molar refractivity (Wildman–Crippen MR) is 175 cm³/mol. The van der Waals surface area contributed by atoms with Crippen LogP contribution in [0.15, 0.2) is 58.2 Å². The molecule has 5 aliphatic rings. The fourth-order valence-corrected chi connectivity index (χ4v) is 7.80. The van der Waals surface area contributed by atoms with Crippen molar-refractivity contribution in [1.29, 1.82) is 0 Å². The number of carboxylic acids is 1. The number of hydrogen-bond donors (Lipinski definition) is 3. The first-order valence-corrected chi connectivity index (χ1v) is 16.1. The van der Waals surface area contributed by atoms with E-state index in [0.717, 1.165) is 24.0 Å². The Hall–Kier alpha value is -3.91. The third kappa shape index (κ3) is 5.05. The number of benzene rings is 1. The van der Waals surface area contributed by atoms with E-state index in [9.17, 15) is 29.7 Å². The number of carbonyl (C=O) groups is 3. The minimum atomic E-state index is -1.67. The van der Waals surface area contributed by atoms with Crippen molar-refractivity contribution in [3.63, 3.8) is 0 Å². The molecule has 246 valence electrons. The molecule has 2 aliphatic heterocycles. The number of Topliss-reactive ketones (excluding diaryl/α,β-unsaturated/α-hetero) is 2. The number of carboxylic acid groups (broad SMARTS) is 1. The van der Waals surface area contributed by atoms with Crippen LogP contribution in [-0.2, 0) is 27.2 Å². The van der Waals surface area contributed by atoms with Crippen molar-refractivity contribution in [2.45, 2.75) is 111 Å². The van der Waals surface area contributed by atoms with Crippen LogP contribution in [0.1, 0.15) is 103 Å². The minimum Gasteiger partial charge on any atom is -0.507 e. The first kappa shape index (κ1) is 33.5. The topological polar surface area (TPSA) is 130 Å². The fourth-order valence-electron chi connectivity index (χ4n) is 7.80. The van der Waals surface area contributed by atoms with Crippen molar-refractivity contribution in [2.75, 3.05) is 0 Å². The monoisotopic (exact) mass is 630 g/mol. The lowest BCUT2D eigenvalue weighted by Gasteiger charge is -2.56. The Labute approximate surface area is 271 Å². The number of allylic oxidation sites excluding steroid dienone is 7.